The second kappa shape index (κ2) is 5.65. The van der Waals surface area contributed by atoms with Gasteiger partial charge >= 0.3 is 0 Å². The lowest BCUT2D eigenvalue weighted by Crippen LogP contribution is -1.97. The molecule has 4 heteroatoms. The van der Waals surface area contributed by atoms with E-state index in [1.165, 1.54) is 0 Å². The Labute approximate surface area is 117 Å². The highest BCUT2D eigenvalue weighted by Crippen LogP contribution is 2.19. The Morgan fingerprint density at radius 2 is 1.88 bits per heavy atom. The summed E-state index contributed by atoms with van der Waals surface area (Å²) in [6.45, 7) is 2.54. The molecule has 0 bridgehead atoms. The maximum atomic E-state index is 5.62. The number of hydrogen-bond donors (Lipinski definition) is 0. The minimum absolute atomic E-state index is 0.529. The van der Waals surface area contributed by atoms with Crippen molar-refractivity contribution in [2.75, 3.05) is 0 Å². The molecule has 0 radical (unpaired) electrons. The van der Waals surface area contributed by atoms with E-state index in [0.29, 0.717) is 12.5 Å². The van der Waals surface area contributed by atoms with Gasteiger partial charge in [-0.05, 0) is 46.1 Å². The Balaban J connectivity index is 2.02. The van der Waals surface area contributed by atoms with Gasteiger partial charge in [0.25, 0.3) is 0 Å². The van der Waals surface area contributed by atoms with E-state index in [1.54, 1.807) is 6.20 Å². The molecule has 0 saturated carbocycles. The van der Waals surface area contributed by atoms with Crippen molar-refractivity contribution < 1.29 is 4.74 Å². The standard InChI is InChI=1S/C13H11Br2NO/c1-9-6-13(16-7-12(9)15)17-8-10-2-4-11(14)5-3-10/h2-7H,8H2,1H3. The van der Waals surface area contributed by atoms with Crippen molar-refractivity contribution in [2.45, 2.75) is 13.5 Å². The van der Waals surface area contributed by atoms with Crippen LogP contribution in [0.5, 0.6) is 5.88 Å². The van der Waals surface area contributed by atoms with Gasteiger partial charge in [-0.25, -0.2) is 4.98 Å². The Morgan fingerprint density at radius 3 is 2.53 bits per heavy atom. The SMILES string of the molecule is Cc1cc(OCc2ccc(Br)cc2)ncc1Br. The molecule has 0 aliphatic rings. The Bertz CT molecular complexity index is 511. The first-order chi connectivity index (χ1) is 8.15. The van der Waals surface area contributed by atoms with Gasteiger partial charge in [-0.2, -0.15) is 0 Å². The minimum atomic E-state index is 0.529. The summed E-state index contributed by atoms with van der Waals surface area (Å²) in [5.74, 6) is 0.647. The molecule has 2 rings (SSSR count). The van der Waals surface area contributed by atoms with E-state index in [1.807, 2.05) is 37.3 Å². The molecule has 0 atom stereocenters. The molecule has 0 aliphatic carbocycles. The number of aryl methyl sites for hydroxylation is 1. The molecule has 88 valence electrons. The largest absolute Gasteiger partial charge is 0.473 e. The number of pyridine rings is 1. The number of benzene rings is 1. The fourth-order valence-corrected chi connectivity index (χ4v) is 1.81. The Morgan fingerprint density at radius 1 is 1.18 bits per heavy atom. The van der Waals surface area contributed by atoms with E-state index >= 15 is 0 Å². The highest BCUT2D eigenvalue weighted by Gasteiger charge is 2.00. The first-order valence-electron chi connectivity index (χ1n) is 5.14. The molecule has 0 aliphatic heterocycles. The van der Waals surface area contributed by atoms with Gasteiger partial charge in [0.2, 0.25) is 5.88 Å². The van der Waals surface area contributed by atoms with E-state index in [-0.39, 0.29) is 0 Å². The van der Waals surface area contributed by atoms with Crippen LogP contribution >= 0.6 is 31.9 Å². The number of halogens is 2. The fraction of sp³-hybridized carbons (Fsp3) is 0.154. The first-order valence-corrected chi connectivity index (χ1v) is 6.73. The van der Waals surface area contributed by atoms with Gasteiger partial charge in [0.1, 0.15) is 6.61 Å². The molecule has 0 saturated heterocycles. The van der Waals surface area contributed by atoms with E-state index in [4.69, 9.17) is 4.74 Å². The van der Waals surface area contributed by atoms with Crippen molar-refractivity contribution >= 4 is 31.9 Å². The number of nitrogens with zero attached hydrogens (tertiary/aromatic N) is 1. The third kappa shape index (κ3) is 3.54. The van der Waals surface area contributed by atoms with Crippen molar-refractivity contribution in [3.8, 4) is 5.88 Å². The summed E-state index contributed by atoms with van der Waals surface area (Å²) < 4.78 is 7.68. The number of hydrogen-bond acceptors (Lipinski definition) is 2. The lowest BCUT2D eigenvalue weighted by atomic mass is 10.2. The van der Waals surface area contributed by atoms with Crippen LogP contribution in [0.4, 0.5) is 0 Å². The number of rotatable bonds is 3. The lowest BCUT2D eigenvalue weighted by Gasteiger charge is -2.06. The van der Waals surface area contributed by atoms with Crippen LogP contribution in [0.3, 0.4) is 0 Å². The highest BCUT2D eigenvalue weighted by atomic mass is 79.9. The third-order valence-corrected chi connectivity index (χ3v) is 3.68. The average Bonchev–Trinajstić information content (AvgIpc) is 2.33. The molecule has 2 nitrogen and oxygen atoms in total. The van der Waals surface area contributed by atoms with Crippen LogP contribution in [-0.2, 0) is 6.61 Å². The van der Waals surface area contributed by atoms with Gasteiger partial charge in [-0.15, -0.1) is 0 Å². The average molecular weight is 357 g/mol. The molecule has 0 fully saturated rings. The quantitative estimate of drug-likeness (QED) is 0.808. The zero-order valence-corrected chi connectivity index (χ0v) is 12.5. The molecule has 0 spiro atoms. The van der Waals surface area contributed by atoms with Crippen LogP contribution < -0.4 is 4.74 Å². The van der Waals surface area contributed by atoms with Gasteiger partial charge < -0.3 is 4.74 Å². The topological polar surface area (TPSA) is 22.1 Å². The molecular formula is C13H11Br2NO. The zero-order chi connectivity index (χ0) is 12.3. The second-order valence-corrected chi connectivity index (χ2v) is 5.46. The van der Waals surface area contributed by atoms with Gasteiger partial charge in [0.15, 0.2) is 0 Å². The maximum absolute atomic E-state index is 5.62. The van der Waals surface area contributed by atoms with Crippen LogP contribution in [0.1, 0.15) is 11.1 Å². The van der Waals surface area contributed by atoms with Gasteiger partial charge in [0, 0.05) is 21.2 Å². The number of aromatic nitrogens is 1. The summed E-state index contributed by atoms with van der Waals surface area (Å²) in [5, 5.41) is 0. The molecule has 17 heavy (non-hydrogen) atoms. The molecule has 0 amide bonds. The van der Waals surface area contributed by atoms with Gasteiger partial charge in [-0.3, -0.25) is 0 Å². The van der Waals surface area contributed by atoms with E-state index in [0.717, 1.165) is 20.1 Å². The summed E-state index contributed by atoms with van der Waals surface area (Å²) in [5.41, 5.74) is 2.24. The predicted molar refractivity (Wildman–Crippen MR) is 75.1 cm³/mol. The summed E-state index contributed by atoms with van der Waals surface area (Å²) in [4.78, 5) is 4.19. The zero-order valence-electron chi connectivity index (χ0n) is 9.28. The monoisotopic (exact) mass is 355 g/mol. The molecule has 1 heterocycles. The molecule has 1 aromatic heterocycles. The van der Waals surface area contributed by atoms with Crippen molar-refractivity contribution in [2.24, 2.45) is 0 Å². The van der Waals surface area contributed by atoms with Gasteiger partial charge in [-0.1, -0.05) is 28.1 Å². The second-order valence-electron chi connectivity index (χ2n) is 3.69. The van der Waals surface area contributed by atoms with Crippen LogP contribution in [0.25, 0.3) is 0 Å². The molecular weight excluding hydrogens is 346 g/mol. The summed E-state index contributed by atoms with van der Waals surface area (Å²) in [6.07, 6.45) is 1.76. The molecule has 0 N–H and O–H groups in total. The minimum Gasteiger partial charge on any atom is -0.473 e. The normalized spacial score (nSPS) is 10.3. The van der Waals surface area contributed by atoms with E-state index < -0.39 is 0 Å². The van der Waals surface area contributed by atoms with Crippen molar-refractivity contribution in [3.05, 3.63) is 56.6 Å². The van der Waals surface area contributed by atoms with E-state index in [2.05, 4.69) is 36.8 Å². The Kier molecular flexibility index (Phi) is 4.18. The molecule has 2 aromatic rings. The molecule has 1 aromatic carbocycles. The van der Waals surface area contributed by atoms with Crippen molar-refractivity contribution in [1.29, 1.82) is 0 Å². The fourth-order valence-electron chi connectivity index (χ4n) is 1.33. The lowest BCUT2D eigenvalue weighted by molar-refractivity contribution is 0.293. The maximum Gasteiger partial charge on any atom is 0.213 e. The first kappa shape index (κ1) is 12.6. The highest BCUT2D eigenvalue weighted by molar-refractivity contribution is 9.10. The van der Waals surface area contributed by atoms with Crippen LogP contribution in [0.2, 0.25) is 0 Å². The van der Waals surface area contributed by atoms with Crippen LogP contribution in [0.15, 0.2) is 45.5 Å². The van der Waals surface area contributed by atoms with Gasteiger partial charge in [0.05, 0.1) is 0 Å². The van der Waals surface area contributed by atoms with Crippen molar-refractivity contribution in [1.82, 2.24) is 4.98 Å². The molecule has 0 unspecified atom stereocenters. The van der Waals surface area contributed by atoms with Crippen LogP contribution in [0, 0.1) is 6.92 Å². The van der Waals surface area contributed by atoms with Crippen LogP contribution in [-0.4, -0.2) is 4.98 Å². The summed E-state index contributed by atoms with van der Waals surface area (Å²) in [6, 6.07) is 9.96. The predicted octanol–water partition coefficient (Wildman–Crippen LogP) is 4.49. The summed E-state index contributed by atoms with van der Waals surface area (Å²) >= 11 is 6.81. The Hall–Kier alpha value is -0.870. The summed E-state index contributed by atoms with van der Waals surface area (Å²) in [7, 11) is 0. The van der Waals surface area contributed by atoms with E-state index in [9.17, 15) is 0 Å². The van der Waals surface area contributed by atoms with Crippen molar-refractivity contribution in [3.63, 3.8) is 0 Å². The number of ether oxygens (including phenoxy) is 1. The smallest absolute Gasteiger partial charge is 0.213 e. The third-order valence-electron chi connectivity index (χ3n) is 2.32.